The second-order valence-electron chi connectivity index (χ2n) is 1.74. The molecule has 0 aliphatic rings. The average Bonchev–Trinajstić information content (AvgIpc) is 2.06. The molecule has 0 unspecified atom stereocenters. The first-order chi connectivity index (χ1) is 5.74. The van der Waals surface area contributed by atoms with Crippen molar-refractivity contribution in [3.05, 3.63) is 0 Å². The van der Waals surface area contributed by atoms with Crippen LogP contribution < -0.4 is 0 Å². The maximum Gasteiger partial charge on any atom is 0.467 e. The first kappa shape index (κ1) is 10.4. The minimum absolute atomic E-state index is 0.229. The molecule has 0 aliphatic carbocycles. The predicted molar refractivity (Wildman–Crippen MR) is 40.6 cm³/mol. The maximum absolute atomic E-state index is 9.89. The van der Waals surface area contributed by atoms with Crippen molar-refractivity contribution in [2.24, 2.45) is 14.0 Å². The number of nitrogens with zero attached hydrogens (tertiary/aromatic N) is 3. The SMILES string of the molecule is CC[Si](N=C=O)(N=C=O)N=C=O. The Hall–Kier alpha value is -1.64. The molecule has 0 N–H and O–H groups in total. The third-order valence-electron chi connectivity index (χ3n) is 1.15. The van der Waals surface area contributed by atoms with Crippen molar-refractivity contribution in [3.8, 4) is 0 Å². The van der Waals surface area contributed by atoms with E-state index in [2.05, 4.69) is 14.0 Å². The molecule has 0 spiro atoms. The van der Waals surface area contributed by atoms with Crippen molar-refractivity contribution in [1.82, 2.24) is 0 Å². The summed E-state index contributed by atoms with van der Waals surface area (Å²) in [6.07, 6.45) is 3.66. The third kappa shape index (κ3) is 2.54. The highest BCUT2D eigenvalue weighted by atomic mass is 28.4. The van der Waals surface area contributed by atoms with E-state index in [1.165, 1.54) is 18.2 Å². The molecule has 0 aliphatic heterocycles. The van der Waals surface area contributed by atoms with Gasteiger partial charge in [-0.3, -0.25) is 0 Å². The highest BCUT2D eigenvalue weighted by Gasteiger charge is 2.33. The molecule has 0 saturated heterocycles. The molecule has 7 heteroatoms. The molecular weight excluding hydrogens is 178 g/mol. The fourth-order valence-corrected chi connectivity index (χ4v) is 1.59. The first-order valence-electron chi connectivity index (χ1n) is 3.01. The summed E-state index contributed by atoms with van der Waals surface area (Å²) >= 11 is 0. The zero-order valence-corrected chi connectivity index (χ0v) is 7.27. The summed E-state index contributed by atoms with van der Waals surface area (Å²) in [5, 5.41) is 0. The molecule has 0 bridgehead atoms. The Kier molecular flexibility index (Phi) is 4.37. The van der Waals surface area contributed by atoms with Gasteiger partial charge in [0, 0.05) is 6.04 Å². The van der Waals surface area contributed by atoms with Gasteiger partial charge in [0.1, 0.15) is 0 Å². The van der Waals surface area contributed by atoms with Gasteiger partial charge in [-0.2, -0.15) is 14.0 Å². The fourth-order valence-electron chi connectivity index (χ4n) is 0.531. The van der Waals surface area contributed by atoms with Crippen molar-refractivity contribution in [1.29, 1.82) is 0 Å². The number of carbonyl (C=O) groups excluding carboxylic acids is 3. The highest BCUT2D eigenvalue weighted by Crippen LogP contribution is 2.11. The smallest absolute Gasteiger partial charge is 0.212 e. The van der Waals surface area contributed by atoms with Crippen LogP contribution in [0.15, 0.2) is 14.0 Å². The van der Waals surface area contributed by atoms with E-state index in [1.54, 1.807) is 6.92 Å². The minimum atomic E-state index is -3.17. The van der Waals surface area contributed by atoms with Gasteiger partial charge in [-0.05, 0) is 0 Å². The Morgan fingerprint density at radius 3 is 1.50 bits per heavy atom. The lowest BCUT2D eigenvalue weighted by atomic mass is 11.0. The lowest BCUT2D eigenvalue weighted by molar-refractivity contribution is 0.564. The molecule has 0 atom stereocenters. The molecule has 0 aromatic heterocycles. The average molecular weight is 183 g/mol. The van der Waals surface area contributed by atoms with Crippen LogP contribution in [-0.4, -0.2) is 26.8 Å². The van der Waals surface area contributed by atoms with Crippen LogP contribution in [0.2, 0.25) is 6.04 Å². The summed E-state index contributed by atoms with van der Waals surface area (Å²) in [7, 11) is -3.17. The molecule has 0 rings (SSSR count). The molecule has 0 saturated carbocycles. The van der Waals surface area contributed by atoms with Crippen LogP contribution >= 0.6 is 0 Å². The molecule has 6 nitrogen and oxygen atoms in total. The quantitative estimate of drug-likeness (QED) is 0.348. The molecule has 0 fully saturated rings. The van der Waals surface area contributed by atoms with Crippen molar-refractivity contribution >= 4 is 26.8 Å². The van der Waals surface area contributed by atoms with Crippen LogP contribution in [0.4, 0.5) is 0 Å². The normalized spacial score (nSPS) is 12.8. The van der Waals surface area contributed by atoms with Gasteiger partial charge in [0.25, 0.3) is 0 Å². The van der Waals surface area contributed by atoms with Gasteiger partial charge < -0.3 is 0 Å². The van der Waals surface area contributed by atoms with Crippen LogP contribution in [0, 0.1) is 0 Å². The molecule has 12 heavy (non-hydrogen) atoms. The van der Waals surface area contributed by atoms with Crippen molar-refractivity contribution in [3.63, 3.8) is 0 Å². The fraction of sp³-hybridized carbons (Fsp3) is 0.400. The molecule has 62 valence electrons. The Labute approximate surface area is 69.0 Å². The van der Waals surface area contributed by atoms with Gasteiger partial charge in [0.05, 0.1) is 0 Å². The van der Waals surface area contributed by atoms with E-state index in [1.807, 2.05) is 0 Å². The monoisotopic (exact) mass is 183 g/mol. The van der Waals surface area contributed by atoms with E-state index in [0.29, 0.717) is 0 Å². The zero-order valence-electron chi connectivity index (χ0n) is 6.27. The van der Waals surface area contributed by atoms with Gasteiger partial charge in [0.15, 0.2) is 0 Å². The van der Waals surface area contributed by atoms with E-state index < -0.39 is 8.56 Å². The number of hydrogen-bond acceptors (Lipinski definition) is 6. The Morgan fingerprint density at radius 2 is 1.33 bits per heavy atom. The Bertz CT molecular complexity index is 252. The maximum atomic E-state index is 9.89. The largest absolute Gasteiger partial charge is 0.467 e. The molecule has 0 amide bonds. The summed E-state index contributed by atoms with van der Waals surface area (Å²) in [6.45, 7) is 1.61. The van der Waals surface area contributed by atoms with Gasteiger partial charge in [-0.15, -0.1) is 0 Å². The van der Waals surface area contributed by atoms with Crippen molar-refractivity contribution < 1.29 is 14.4 Å². The molecule has 0 heterocycles. The van der Waals surface area contributed by atoms with E-state index in [9.17, 15) is 14.4 Å². The van der Waals surface area contributed by atoms with Gasteiger partial charge >= 0.3 is 8.56 Å². The zero-order chi connectivity index (χ0) is 9.45. The van der Waals surface area contributed by atoms with E-state index >= 15 is 0 Å². The minimum Gasteiger partial charge on any atom is -0.212 e. The Morgan fingerprint density at radius 1 is 1.00 bits per heavy atom. The summed E-state index contributed by atoms with van der Waals surface area (Å²) in [5.41, 5.74) is 0. The second kappa shape index (κ2) is 5.07. The van der Waals surface area contributed by atoms with Gasteiger partial charge in [0.2, 0.25) is 18.2 Å². The predicted octanol–water partition coefficient (Wildman–Crippen LogP) is -0.0474. The molecular formula is C5H5N3O3Si. The highest BCUT2D eigenvalue weighted by molar-refractivity contribution is 6.76. The standard InChI is InChI=1S/C5H5N3O3Si/c1-2-12(6-3-9,7-4-10)8-5-11/h2H2,1H3. The number of rotatable bonds is 4. The van der Waals surface area contributed by atoms with Gasteiger partial charge in [-0.1, -0.05) is 6.92 Å². The van der Waals surface area contributed by atoms with E-state index in [0.717, 1.165) is 0 Å². The summed E-state index contributed by atoms with van der Waals surface area (Å²) in [4.78, 5) is 29.7. The molecule has 0 aromatic rings. The summed E-state index contributed by atoms with van der Waals surface area (Å²) in [5.74, 6) is 0. The van der Waals surface area contributed by atoms with E-state index in [-0.39, 0.29) is 6.04 Å². The molecule has 0 radical (unpaired) electrons. The summed E-state index contributed by atoms with van der Waals surface area (Å²) < 4.78 is 9.69. The van der Waals surface area contributed by atoms with Crippen LogP contribution in [0.5, 0.6) is 0 Å². The van der Waals surface area contributed by atoms with Gasteiger partial charge in [-0.25, -0.2) is 14.4 Å². The van der Waals surface area contributed by atoms with Crippen LogP contribution in [0.25, 0.3) is 0 Å². The lowest BCUT2D eigenvalue weighted by Crippen LogP contribution is -2.26. The lowest BCUT2D eigenvalue weighted by Gasteiger charge is -2.05. The first-order valence-corrected chi connectivity index (χ1v) is 5.06. The summed E-state index contributed by atoms with van der Waals surface area (Å²) in [6, 6.07) is 0.229. The Balaban J connectivity index is 5.13. The van der Waals surface area contributed by atoms with E-state index in [4.69, 9.17) is 0 Å². The van der Waals surface area contributed by atoms with Crippen LogP contribution in [0.3, 0.4) is 0 Å². The van der Waals surface area contributed by atoms with Crippen molar-refractivity contribution in [2.45, 2.75) is 13.0 Å². The van der Waals surface area contributed by atoms with Crippen molar-refractivity contribution in [2.75, 3.05) is 0 Å². The van der Waals surface area contributed by atoms with Crippen LogP contribution in [-0.2, 0) is 14.4 Å². The third-order valence-corrected chi connectivity index (χ3v) is 3.45. The van der Waals surface area contributed by atoms with Crippen LogP contribution in [0.1, 0.15) is 6.92 Å². The number of hydrogen-bond donors (Lipinski definition) is 0. The number of isocyanates is 3. The second-order valence-corrected chi connectivity index (χ2v) is 4.66. The topological polar surface area (TPSA) is 88.3 Å². The molecule has 0 aromatic carbocycles.